The van der Waals surface area contributed by atoms with Gasteiger partial charge in [-0.15, -0.1) is 0 Å². The van der Waals surface area contributed by atoms with Gasteiger partial charge in [-0.2, -0.15) is 0 Å². The Morgan fingerprint density at radius 3 is 2.38 bits per heavy atom. The molecule has 0 bridgehead atoms. The molecule has 4 aromatic rings. The van der Waals surface area contributed by atoms with Gasteiger partial charge in [0.1, 0.15) is 6.54 Å². The van der Waals surface area contributed by atoms with Crippen molar-refractivity contribution < 1.29 is 9.59 Å². The summed E-state index contributed by atoms with van der Waals surface area (Å²) in [5, 5.41) is 3.84. The number of carbonyl (C=O) groups excluding carboxylic acids is 2. The molecule has 7 nitrogen and oxygen atoms in total. The lowest BCUT2D eigenvalue weighted by atomic mass is 10.2. The van der Waals surface area contributed by atoms with Crippen LogP contribution in [0.25, 0.3) is 22.3 Å². The summed E-state index contributed by atoms with van der Waals surface area (Å²) in [4.78, 5) is 35.5. The molecule has 32 heavy (non-hydrogen) atoms. The summed E-state index contributed by atoms with van der Waals surface area (Å²) in [6.45, 7) is 5.64. The summed E-state index contributed by atoms with van der Waals surface area (Å²) < 4.78 is 1.93. The third-order valence-corrected chi connectivity index (χ3v) is 5.40. The van der Waals surface area contributed by atoms with E-state index in [-0.39, 0.29) is 11.8 Å². The van der Waals surface area contributed by atoms with Crippen molar-refractivity contribution in [1.82, 2.24) is 19.4 Å². The number of carbonyl (C=O) groups is 2. The van der Waals surface area contributed by atoms with Crippen LogP contribution < -0.4 is 5.32 Å². The molecule has 162 valence electrons. The maximum Gasteiger partial charge on any atom is 0.258 e. The van der Waals surface area contributed by atoms with Crippen LogP contribution in [-0.2, 0) is 11.3 Å². The zero-order valence-electron chi connectivity index (χ0n) is 18.2. The van der Waals surface area contributed by atoms with E-state index in [0.29, 0.717) is 36.7 Å². The van der Waals surface area contributed by atoms with Crippen LogP contribution in [0.5, 0.6) is 0 Å². The van der Waals surface area contributed by atoms with Crippen LogP contribution in [0.4, 0.5) is 5.69 Å². The third kappa shape index (κ3) is 4.51. The van der Waals surface area contributed by atoms with Crippen molar-refractivity contribution in [2.24, 2.45) is 0 Å². The first-order valence-electron chi connectivity index (χ1n) is 10.6. The van der Waals surface area contributed by atoms with Crippen LogP contribution >= 0.6 is 0 Å². The Hall–Kier alpha value is -4.00. The van der Waals surface area contributed by atoms with Gasteiger partial charge in [-0.1, -0.05) is 30.3 Å². The standard InChI is InChI=1S/C25H25N5O2/c1-3-29(4-2)23(31)17-30-13-12-19-14-21(10-11-22(19)30)28-25(32)20-15-26-24(27-16-20)18-8-6-5-7-9-18/h5-16H,3-4,17H2,1-2H3,(H,28,32). The fraction of sp³-hybridized carbons (Fsp3) is 0.200. The molecule has 2 amide bonds. The van der Waals surface area contributed by atoms with Gasteiger partial charge in [0.25, 0.3) is 5.91 Å². The SMILES string of the molecule is CCN(CC)C(=O)Cn1ccc2cc(NC(=O)c3cnc(-c4ccccc4)nc3)ccc21. The van der Waals surface area contributed by atoms with E-state index in [2.05, 4.69) is 15.3 Å². The second kappa shape index (κ2) is 9.43. The number of anilines is 1. The van der Waals surface area contributed by atoms with Crippen molar-refractivity contribution in [3.8, 4) is 11.4 Å². The minimum absolute atomic E-state index is 0.0869. The molecule has 0 saturated heterocycles. The van der Waals surface area contributed by atoms with Crippen molar-refractivity contribution in [2.75, 3.05) is 18.4 Å². The highest BCUT2D eigenvalue weighted by atomic mass is 16.2. The Morgan fingerprint density at radius 2 is 1.69 bits per heavy atom. The molecule has 2 heterocycles. The van der Waals surface area contributed by atoms with Crippen LogP contribution in [0.1, 0.15) is 24.2 Å². The first-order chi connectivity index (χ1) is 15.6. The molecular formula is C25H25N5O2. The molecule has 1 N–H and O–H groups in total. The van der Waals surface area contributed by atoms with Crippen molar-refractivity contribution in [3.05, 3.63) is 78.8 Å². The highest BCUT2D eigenvalue weighted by molar-refractivity contribution is 6.04. The van der Waals surface area contributed by atoms with Gasteiger partial charge < -0.3 is 14.8 Å². The molecule has 0 aliphatic carbocycles. The number of rotatable bonds is 7. The smallest absolute Gasteiger partial charge is 0.258 e. The Bertz CT molecular complexity index is 1230. The van der Waals surface area contributed by atoms with E-state index in [0.717, 1.165) is 16.5 Å². The summed E-state index contributed by atoms with van der Waals surface area (Å²) in [7, 11) is 0. The van der Waals surface area contributed by atoms with Gasteiger partial charge in [0, 0.05) is 53.8 Å². The molecule has 0 spiro atoms. The highest BCUT2D eigenvalue weighted by Crippen LogP contribution is 2.21. The fourth-order valence-electron chi connectivity index (χ4n) is 3.62. The lowest BCUT2D eigenvalue weighted by Gasteiger charge is -2.19. The fourth-order valence-corrected chi connectivity index (χ4v) is 3.62. The number of amides is 2. The maximum absolute atomic E-state index is 12.6. The molecule has 0 radical (unpaired) electrons. The second-order valence-electron chi connectivity index (χ2n) is 7.40. The van der Waals surface area contributed by atoms with Gasteiger partial charge in [-0.3, -0.25) is 9.59 Å². The van der Waals surface area contributed by atoms with E-state index in [4.69, 9.17) is 0 Å². The first-order valence-corrected chi connectivity index (χ1v) is 10.6. The van der Waals surface area contributed by atoms with E-state index in [1.54, 1.807) is 0 Å². The van der Waals surface area contributed by atoms with E-state index in [1.807, 2.05) is 84.1 Å². The van der Waals surface area contributed by atoms with Crippen LogP contribution in [0.2, 0.25) is 0 Å². The summed E-state index contributed by atoms with van der Waals surface area (Å²) in [5.74, 6) is 0.383. The summed E-state index contributed by atoms with van der Waals surface area (Å²) in [6, 6.07) is 17.2. The van der Waals surface area contributed by atoms with Gasteiger partial charge in [0.05, 0.1) is 5.56 Å². The quantitative estimate of drug-likeness (QED) is 0.479. The van der Waals surface area contributed by atoms with Gasteiger partial charge >= 0.3 is 0 Å². The molecule has 0 aliphatic rings. The lowest BCUT2D eigenvalue weighted by molar-refractivity contribution is -0.131. The number of nitrogens with one attached hydrogen (secondary N) is 1. The van der Waals surface area contributed by atoms with E-state index in [9.17, 15) is 9.59 Å². The molecule has 0 atom stereocenters. The van der Waals surface area contributed by atoms with Crippen LogP contribution in [0.3, 0.4) is 0 Å². The molecule has 0 aliphatic heterocycles. The minimum Gasteiger partial charge on any atom is -0.342 e. The normalized spacial score (nSPS) is 10.8. The lowest BCUT2D eigenvalue weighted by Crippen LogP contribution is -2.33. The Labute approximate surface area is 186 Å². The van der Waals surface area contributed by atoms with Crippen molar-refractivity contribution in [3.63, 3.8) is 0 Å². The molecule has 0 fully saturated rings. The van der Waals surface area contributed by atoms with E-state index in [1.165, 1.54) is 12.4 Å². The zero-order valence-corrected chi connectivity index (χ0v) is 18.2. The predicted octanol–water partition coefficient (Wildman–Crippen LogP) is 4.22. The van der Waals surface area contributed by atoms with Crippen molar-refractivity contribution >= 4 is 28.4 Å². The van der Waals surface area contributed by atoms with E-state index >= 15 is 0 Å². The molecule has 7 heteroatoms. The highest BCUT2D eigenvalue weighted by Gasteiger charge is 2.13. The first kappa shape index (κ1) is 21.2. The van der Waals surface area contributed by atoms with Crippen LogP contribution in [0, 0.1) is 0 Å². The predicted molar refractivity (Wildman–Crippen MR) is 125 cm³/mol. The molecule has 0 unspecified atom stereocenters. The molecule has 0 saturated carbocycles. The molecule has 2 aromatic carbocycles. The average Bonchev–Trinajstić information content (AvgIpc) is 3.22. The topological polar surface area (TPSA) is 80.1 Å². The number of aromatic nitrogens is 3. The number of benzene rings is 2. The Balaban J connectivity index is 1.46. The van der Waals surface area contributed by atoms with Crippen LogP contribution in [-0.4, -0.2) is 44.3 Å². The largest absolute Gasteiger partial charge is 0.342 e. The van der Waals surface area contributed by atoms with Gasteiger partial charge in [-0.05, 0) is 38.1 Å². The van der Waals surface area contributed by atoms with E-state index < -0.39 is 0 Å². The Kier molecular flexibility index (Phi) is 6.26. The van der Waals surface area contributed by atoms with Crippen LogP contribution in [0.15, 0.2) is 73.2 Å². The second-order valence-corrected chi connectivity index (χ2v) is 7.40. The van der Waals surface area contributed by atoms with Crippen molar-refractivity contribution in [2.45, 2.75) is 20.4 Å². The number of hydrogen-bond acceptors (Lipinski definition) is 4. The summed E-state index contributed by atoms with van der Waals surface area (Å²) in [5.41, 5.74) is 2.89. The molecular weight excluding hydrogens is 402 g/mol. The molecule has 4 rings (SSSR count). The minimum atomic E-state index is -0.278. The van der Waals surface area contributed by atoms with Gasteiger partial charge in [0.15, 0.2) is 5.82 Å². The number of fused-ring (bicyclic) bond motifs is 1. The van der Waals surface area contributed by atoms with Crippen molar-refractivity contribution in [1.29, 1.82) is 0 Å². The number of nitrogens with zero attached hydrogens (tertiary/aromatic N) is 4. The third-order valence-electron chi connectivity index (χ3n) is 5.40. The maximum atomic E-state index is 12.6. The summed E-state index contributed by atoms with van der Waals surface area (Å²) in [6.07, 6.45) is 4.95. The monoisotopic (exact) mass is 427 g/mol. The number of likely N-dealkylation sites (N-methyl/N-ethyl adjacent to an activating group) is 1. The summed E-state index contributed by atoms with van der Waals surface area (Å²) >= 11 is 0. The van der Waals surface area contributed by atoms with Gasteiger partial charge in [-0.25, -0.2) is 9.97 Å². The Morgan fingerprint density at radius 1 is 0.969 bits per heavy atom. The molecule has 2 aromatic heterocycles. The average molecular weight is 428 g/mol. The zero-order chi connectivity index (χ0) is 22.5. The van der Waals surface area contributed by atoms with Gasteiger partial charge in [0.2, 0.25) is 5.91 Å². The number of hydrogen-bond donors (Lipinski definition) is 1.